The number of hydrogen-bond donors (Lipinski definition) is 1. The van der Waals surface area contributed by atoms with Crippen molar-refractivity contribution >= 4 is 45.2 Å². The fraction of sp³-hybridized carbons (Fsp3) is 0.667. The highest BCUT2D eigenvalue weighted by Crippen LogP contribution is 2.22. The van der Waals surface area contributed by atoms with Crippen molar-refractivity contribution in [1.29, 1.82) is 0 Å². The summed E-state index contributed by atoms with van der Waals surface area (Å²) < 4.78 is 6.70. The van der Waals surface area contributed by atoms with Gasteiger partial charge in [-0.2, -0.15) is 10.2 Å². The van der Waals surface area contributed by atoms with E-state index in [4.69, 9.17) is 0 Å². The molecule has 0 unspecified atom stereocenters. The van der Waals surface area contributed by atoms with Gasteiger partial charge in [-0.25, -0.2) is 0 Å². The second kappa shape index (κ2) is 10.4. The van der Waals surface area contributed by atoms with Crippen molar-refractivity contribution in [2.75, 3.05) is 32.7 Å². The summed E-state index contributed by atoms with van der Waals surface area (Å²) in [4.78, 5) is 2.50. The number of nitrogens with zero attached hydrogens (tertiary/aromatic N) is 5. The Morgan fingerprint density at radius 2 is 1.42 bits per heavy atom. The van der Waals surface area contributed by atoms with Crippen LogP contribution in [0.4, 0.5) is 0 Å². The van der Waals surface area contributed by atoms with E-state index in [1.165, 1.54) is 52.5 Å². The average Bonchev–Trinajstić information content (AvgIpc) is 3.32. The maximum atomic E-state index is 4.38. The molecule has 2 aliphatic rings. The van der Waals surface area contributed by atoms with Crippen LogP contribution < -0.4 is 5.32 Å². The number of halogens is 2. The number of hydrogen-bond acceptors (Lipinski definition) is 4. The third-order valence-corrected chi connectivity index (χ3v) is 6.32. The highest BCUT2D eigenvalue weighted by Gasteiger charge is 2.19. The van der Waals surface area contributed by atoms with Crippen LogP contribution in [0.5, 0.6) is 0 Å². The van der Waals surface area contributed by atoms with Crippen molar-refractivity contribution in [2.45, 2.75) is 44.7 Å². The van der Waals surface area contributed by atoms with Crippen LogP contribution in [0.1, 0.15) is 44.7 Å². The molecule has 2 aromatic rings. The summed E-state index contributed by atoms with van der Waals surface area (Å²) in [5, 5.41) is 12.1. The molecule has 144 valence electrons. The fourth-order valence-electron chi connectivity index (χ4n) is 3.60. The first kappa shape index (κ1) is 20.5. The molecule has 4 heterocycles. The van der Waals surface area contributed by atoms with Crippen LogP contribution in [0.3, 0.4) is 0 Å². The summed E-state index contributed by atoms with van der Waals surface area (Å²) in [5.74, 6) is 0. The number of piperidine rings is 2. The normalized spacial score (nSPS) is 20.0. The van der Waals surface area contributed by atoms with Crippen molar-refractivity contribution in [3.8, 4) is 0 Å². The Bertz CT molecular complexity index is 656. The van der Waals surface area contributed by atoms with Gasteiger partial charge in [-0.05, 0) is 90.5 Å². The van der Waals surface area contributed by atoms with Crippen LogP contribution in [0, 0.1) is 7.14 Å². The van der Waals surface area contributed by atoms with E-state index in [1.807, 2.05) is 12.4 Å². The van der Waals surface area contributed by atoms with Crippen molar-refractivity contribution in [3.63, 3.8) is 0 Å². The summed E-state index contributed by atoms with van der Waals surface area (Å²) in [5.41, 5.74) is 0. The van der Waals surface area contributed by atoms with Gasteiger partial charge in [0.2, 0.25) is 0 Å². The lowest BCUT2D eigenvalue weighted by Crippen LogP contribution is -2.34. The average molecular weight is 582 g/mol. The Kier molecular flexibility index (Phi) is 8.19. The van der Waals surface area contributed by atoms with E-state index < -0.39 is 0 Å². The van der Waals surface area contributed by atoms with Gasteiger partial charge in [0.15, 0.2) is 0 Å². The van der Waals surface area contributed by atoms with E-state index >= 15 is 0 Å². The Morgan fingerprint density at radius 3 is 1.85 bits per heavy atom. The minimum Gasteiger partial charge on any atom is -0.317 e. The van der Waals surface area contributed by atoms with Gasteiger partial charge in [-0.3, -0.25) is 9.36 Å². The summed E-state index contributed by atoms with van der Waals surface area (Å²) in [7, 11) is 0. The van der Waals surface area contributed by atoms with Gasteiger partial charge in [0.1, 0.15) is 0 Å². The van der Waals surface area contributed by atoms with Gasteiger partial charge < -0.3 is 10.2 Å². The van der Waals surface area contributed by atoms with E-state index in [0.29, 0.717) is 12.1 Å². The minimum absolute atomic E-state index is 0.620. The molecule has 1 N–H and O–H groups in total. The Hall–Kier alpha value is -0.200. The first-order chi connectivity index (χ1) is 12.7. The van der Waals surface area contributed by atoms with Crippen molar-refractivity contribution < 1.29 is 0 Å². The number of aromatic nitrogens is 4. The molecule has 8 heteroatoms. The lowest BCUT2D eigenvalue weighted by atomic mass is 10.1. The van der Waals surface area contributed by atoms with Gasteiger partial charge in [0.25, 0.3) is 0 Å². The SMILES string of the molecule is CCN1CCC(n2cc(I)cn2)CC1.Ic1cnn(C2CCNCC2)c1. The van der Waals surface area contributed by atoms with Crippen LogP contribution in [-0.2, 0) is 0 Å². The van der Waals surface area contributed by atoms with Crippen molar-refractivity contribution in [2.24, 2.45) is 0 Å². The van der Waals surface area contributed by atoms with Crippen LogP contribution in [0.25, 0.3) is 0 Å². The van der Waals surface area contributed by atoms with Gasteiger partial charge in [0.05, 0.1) is 31.6 Å². The maximum Gasteiger partial charge on any atom is 0.0623 e. The Balaban J connectivity index is 0.000000152. The molecule has 2 aliphatic heterocycles. The van der Waals surface area contributed by atoms with Crippen molar-refractivity contribution in [3.05, 3.63) is 31.9 Å². The van der Waals surface area contributed by atoms with E-state index in [0.717, 1.165) is 13.1 Å². The summed E-state index contributed by atoms with van der Waals surface area (Å²) in [6.45, 7) is 8.11. The second-order valence-electron chi connectivity index (χ2n) is 6.92. The first-order valence-corrected chi connectivity index (χ1v) is 11.6. The van der Waals surface area contributed by atoms with Crippen LogP contribution in [0.15, 0.2) is 24.8 Å². The minimum atomic E-state index is 0.620. The van der Waals surface area contributed by atoms with Gasteiger partial charge >= 0.3 is 0 Å². The molecule has 0 amide bonds. The predicted octanol–water partition coefficient (Wildman–Crippen LogP) is 3.56. The van der Waals surface area contributed by atoms with E-state index in [1.54, 1.807) is 0 Å². The Morgan fingerprint density at radius 1 is 0.923 bits per heavy atom. The standard InChI is InChI=1S/C10H16IN3.C8H12IN3/c1-2-13-5-3-10(4-6-13)14-8-9(11)7-12-14;9-7-5-11-12(6-7)8-1-3-10-4-2-8/h7-8,10H,2-6H2,1H3;5-6,8,10H,1-4H2. The highest BCUT2D eigenvalue weighted by molar-refractivity contribution is 14.1. The monoisotopic (exact) mass is 582 g/mol. The molecule has 2 saturated heterocycles. The highest BCUT2D eigenvalue weighted by atomic mass is 127. The first-order valence-electron chi connectivity index (χ1n) is 9.48. The van der Waals surface area contributed by atoms with Crippen LogP contribution in [-0.4, -0.2) is 57.2 Å². The zero-order chi connectivity index (χ0) is 18.4. The number of nitrogens with one attached hydrogen (secondary N) is 1. The topological polar surface area (TPSA) is 50.9 Å². The van der Waals surface area contributed by atoms with E-state index in [2.05, 4.69) is 94.3 Å². The van der Waals surface area contributed by atoms with E-state index in [9.17, 15) is 0 Å². The quantitative estimate of drug-likeness (QED) is 0.563. The predicted molar refractivity (Wildman–Crippen MR) is 121 cm³/mol. The van der Waals surface area contributed by atoms with Crippen LogP contribution >= 0.6 is 45.2 Å². The molecule has 6 nitrogen and oxygen atoms in total. The largest absolute Gasteiger partial charge is 0.317 e. The lowest BCUT2D eigenvalue weighted by Gasteiger charge is -2.30. The third kappa shape index (κ3) is 5.90. The van der Waals surface area contributed by atoms with Crippen molar-refractivity contribution in [1.82, 2.24) is 29.8 Å². The van der Waals surface area contributed by atoms with E-state index in [-0.39, 0.29) is 0 Å². The van der Waals surface area contributed by atoms with Gasteiger partial charge in [-0.1, -0.05) is 6.92 Å². The molecule has 4 rings (SSSR count). The molecule has 0 radical (unpaired) electrons. The van der Waals surface area contributed by atoms with Gasteiger partial charge in [-0.15, -0.1) is 0 Å². The van der Waals surface area contributed by atoms with Crippen LogP contribution in [0.2, 0.25) is 0 Å². The molecule has 2 aromatic heterocycles. The summed E-state index contributed by atoms with van der Waals surface area (Å²) in [6, 6.07) is 1.25. The molecule has 2 fully saturated rings. The maximum absolute atomic E-state index is 4.38. The third-order valence-electron chi connectivity index (χ3n) is 5.20. The summed E-state index contributed by atoms with van der Waals surface area (Å²) in [6.07, 6.45) is 13.0. The molecule has 0 aliphatic carbocycles. The number of rotatable bonds is 3. The molecule has 0 atom stereocenters. The number of likely N-dealkylation sites (tertiary alicyclic amines) is 1. The Labute approximate surface area is 183 Å². The summed E-state index contributed by atoms with van der Waals surface area (Å²) >= 11 is 4.61. The molecule has 26 heavy (non-hydrogen) atoms. The molecule has 0 aromatic carbocycles. The lowest BCUT2D eigenvalue weighted by molar-refractivity contribution is 0.187. The molecular weight excluding hydrogens is 554 g/mol. The fourth-order valence-corrected chi connectivity index (χ4v) is 4.42. The molecular formula is C18H28I2N6. The molecule has 0 bridgehead atoms. The second-order valence-corrected chi connectivity index (χ2v) is 9.42. The molecule has 0 saturated carbocycles. The smallest absolute Gasteiger partial charge is 0.0623 e. The van der Waals surface area contributed by atoms with Gasteiger partial charge in [0, 0.05) is 25.5 Å². The zero-order valence-corrected chi connectivity index (χ0v) is 19.6. The zero-order valence-electron chi connectivity index (χ0n) is 15.3. The molecule has 0 spiro atoms.